The summed E-state index contributed by atoms with van der Waals surface area (Å²) in [6.45, 7) is 6.61. The number of hydrogen-bond donors (Lipinski definition) is 0. The summed E-state index contributed by atoms with van der Waals surface area (Å²) >= 11 is 6.13. The minimum Gasteiger partial charge on any atom is -0.492 e. The first kappa shape index (κ1) is 16.1. The number of hydrogen-bond acceptors (Lipinski definition) is 5. The fourth-order valence-corrected chi connectivity index (χ4v) is 2.36. The first-order valence-corrected chi connectivity index (χ1v) is 7.31. The van der Waals surface area contributed by atoms with Gasteiger partial charge in [0.25, 0.3) is 0 Å². The Morgan fingerprint density at radius 3 is 2.76 bits per heavy atom. The molecule has 0 bridgehead atoms. The molecule has 0 atom stereocenters. The van der Waals surface area contributed by atoms with Crippen molar-refractivity contribution in [1.29, 1.82) is 0 Å². The van der Waals surface area contributed by atoms with Crippen LogP contribution in [0.5, 0.6) is 5.75 Å². The highest BCUT2D eigenvalue weighted by Crippen LogP contribution is 2.28. The van der Waals surface area contributed by atoms with Crippen LogP contribution in [0.3, 0.4) is 0 Å². The van der Waals surface area contributed by atoms with Crippen LogP contribution in [-0.2, 0) is 9.47 Å². The standard InChI is InChI=1S/C15H20ClNO4/c1-11-13(16)9-12(15(18)19-2)10-14(11)21-8-5-17-3-6-20-7-4-17/h9-10H,3-8H2,1-2H3. The second kappa shape index (κ2) is 7.64. The van der Waals surface area contributed by atoms with Gasteiger partial charge in [0, 0.05) is 30.2 Å². The summed E-state index contributed by atoms with van der Waals surface area (Å²) in [7, 11) is 1.34. The van der Waals surface area contributed by atoms with Crippen molar-refractivity contribution in [2.45, 2.75) is 6.92 Å². The van der Waals surface area contributed by atoms with E-state index in [-0.39, 0.29) is 0 Å². The van der Waals surface area contributed by atoms with Crippen molar-refractivity contribution in [3.8, 4) is 5.75 Å². The number of halogens is 1. The molecule has 21 heavy (non-hydrogen) atoms. The van der Waals surface area contributed by atoms with Crippen LogP contribution in [-0.4, -0.2) is 57.4 Å². The molecule has 5 nitrogen and oxygen atoms in total. The lowest BCUT2D eigenvalue weighted by Crippen LogP contribution is -2.38. The Kier molecular flexibility index (Phi) is 5.85. The fraction of sp³-hybridized carbons (Fsp3) is 0.533. The number of esters is 1. The smallest absolute Gasteiger partial charge is 0.338 e. The SMILES string of the molecule is COC(=O)c1cc(Cl)c(C)c(OCCN2CCOCC2)c1. The molecule has 116 valence electrons. The molecule has 0 unspecified atom stereocenters. The maximum atomic E-state index is 11.6. The minimum absolute atomic E-state index is 0.398. The topological polar surface area (TPSA) is 48.0 Å². The average Bonchev–Trinajstić information content (AvgIpc) is 2.51. The number of carbonyl (C=O) groups excluding carboxylic acids is 1. The number of methoxy groups -OCH3 is 1. The van der Waals surface area contributed by atoms with E-state index in [0.29, 0.717) is 22.9 Å². The van der Waals surface area contributed by atoms with Crippen molar-refractivity contribution in [1.82, 2.24) is 4.90 Å². The second-order valence-electron chi connectivity index (χ2n) is 4.88. The van der Waals surface area contributed by atoms with Crippen molar-refractivity contribution < 1.29 is 19.0 Å². The zero-order valence-electron chi connectivity index (χ0n) is 12.4. The summed E-state index contributed by atoms with van der Waals surface area (Å²) in [5.74, 6) is 0.200. The summed E-state index contributed by atoms with van der Waals surface area (Å²) < 4.78 is 15.8. The van der Waals surface area contributed by atoms with E-state index < -0.39 is 5.97 Å². The van der Waals surface area contributed by atoms with E-state index in [4.69, 9.17) is 25.8 Å². The maximum absolute atomic E-state index is 11.6. The van der Waals surface area contributed by atoms with Crippen molar-refractivity contribution in [2.24, 2.45) is 0 Å². The Hall–Kier alpha value is -1.30. The molecule has 1 aliphatic rings. The highest BCUT2D eigenvalue weighted by atomic mass is 35.5. The lowest BCUT2D eigenvalue weighted by atomic mass is 10.1. The first-order chi connectivity index (χ1) is 10.1. The third kappa shape index (κ3) is 4.33. The largest absolute Gasteiger partial charge is 0.492 e. The lowest BCUT2D eigenvalue weighted by molar-refractivity contribution is 0.0322. The van der Waals surface area contributed by atoms with Crippen LogP contribution < -0.4 is 4.74 Å². The molecule has 0 radical (unpaired) electrons. The highest BCUT2D eigenvalue weighted by molar-refractivity contribution is 6.31. The van der Waals surface area contributed by atoms with Crippen LogP contribution in [0.25, 0.3) is 0 Å². The molecule has 0 aliphatic carbocycles. The Morgan fingerprint density at radius 2 is 2.10 bits per heavy atom. The van der Waals surface area contributed by atoms with Crippen LogP contribution in [0, 0.1) is 6.92 Å². The van der Waals surface area contributed by atoms with Crippen molar-refractivity contribution in [2.75, 3.05) is 46.6 Å². The number of nitrogens with zero attached hydrogens (tertiary/aromatic N) is 1. The summed E-state index contributed by atoms with van der Waals surface area (Å²) in [5, 5.41) is 0.499. The quantitative estimate of drug-likeness (QED) is 0.780. The van der Waals surface area contributed by atoms with E-state index in [1.165, 1.54) is 7.11 Å². The number of rotatable bonds is 5. The number of morpholine rings is 1. The van der Waals surface area contributed by atoms with Gasteiger partial charge in [0.05, 0.1) is 25.9 Å². The summed E-state index contributed by atoms with van der Waals surface area (Å²) in [6.07, 6.45) is 0. The Bertz CT molecular complexity index is 501. The molecule has 1 aromatic carbocycles. The molecule has 1 aliphatic heterocycles. The molecule has 1 aromatic rings. The van der Waals surface area contributed by atoms with E-state index in [0.717, 1.165) is 38.4 Å². The van der Waals surface area contributed by atoms with E-state index in [1.807, 2.05) is 6.92 Å². The van der Waals surface area contributed by atoms with Gasteiger partial charge in [-0.05, 0) is 19.1 Å². The van der Waals surface area contributed by atoms with Gasteiger partial charge in [-0.3, -0.25) is 4.90 Å². The number of ether oxygens (including phenoxy) is 3. The predicted molar refractivity (Wildman–Crippen MR) is 80.3 cm³/mol. The predicted octanol–water partition coefficient (Wildman–Crippen LogP) is 2.15. The first-order valence-electron chi connectivity index (χ1n) is 6.93. The number of carbonyl (C=O) groups is 1. The lowest BCUT2D eigenvalue weighted by Gasteiger charge is -2.26. The zero-order valence-corrected chi connectivity index (χ0v) is 13.1. The van der Waals surface area contributed by atoms with Crippen LogP contribution in [0.4, 0.5) is 0 Å². The van der Waals surface area contributed by atoms with Crippen LogP contribution in [0.1, 0.15) is 15.9 Å². The van der Waals surface area contributed by atoms with Crippen LogP contribution in [0.15, 0.2) is 12.1 Å². The molecule has 0 spiro atoms. The van der Waals surface area contributed by atoms with Gasteiger partial charge in [0.15, 0.2) is 0 Å². The van der Waals surface area contributed by atoms with E-state index in [2.05, 4.69) is 4.90 Å². The Morgan fingerprint density at radius 1 is 1.38 bits per heavy atom. The van der Waals surface area contributed by atoms with Gasteiger partial charge in [-0.25, -0.2) is 4.79 Å². The van der Waals surface area contributed by atoms with E-state index >= 15 is 0 Å². The molecule has 1 fully saturated rings. The van der Waals surface area contributed by atoms with E-state index in [9.17, 15) is 4.79 Å². The average molecular weight is 314 g/mol. The zero-order chi connectivity index (χ0) is 15.2. The molecule has 2 rings (SSSR count). The highest BCUT2D eigenvalue weighted by Gasteiger charge is 2.14. The Balaban J connectivity index is 1.98. The molecule has 0 saturated carbocycles. The summed E-state index contributed by atoms with van der Waals surface area (Å²) in [6, 6.07) is 3.27. The van der Waals surface area contributed by atoms with Crippen molar-refractivity contribution in [3.63, 3.8) is 0 Å². The molecule has 0 amide bonds. The molecule has 1 saturated heterocycles. The second-order valence-corrected chi connectivity index (χ2v) is 5.28. The van der Waals surface area contributed by atoms with Gasteiger partial charge >= 0.3 is 5.97 Å². The summed E-state index contributed by atoms with van der Waals surface area (Å²) in [5.41, 5.74) is 1.22. The van der Waals surface area contributed by atoms with Crippen molar-refractivity contribution in [3.05, 3.63) is 28.3 Å². The van der Waals surface area contributed by atoms with Crippen LogP contribution in [0.2, 0.25) is 5.02 Å². The van der Waals surface area contributed by atoms with Gasteiger partial charge in [-0.1, -0.05) is 11.6 Å². The minimum atomic E-state index is -0.421. The molecular formula is C15H20ClNO4. The molecule has 0 N–H and O–H groups in total. The molecular weight excluding hydrogens is 294 g/mol. The van der Waals surface area contributed by atoms with Gasteiger partial charge < -0.3 is 14.2 Å². The van der Waals surface area contributed by atoms with Crippen molar-refractivity contribution >= 4 is 17.6 Å². The van der Waals surface area contributed by atoms with Crippen LogP contribution >= 0.6 is 11.6 Å². The van der Waals surface area contributed by atoms with Gasteiger partial charge in [0.1, 0.15) is 12.4 Å². The third-order valence-corrected chi connectivity index (χ3v) is 3.88. The van der Waals surface area contributed by atoms with Gasteiger partial charge in [0.2, 0.25) is 0 Å². The molecule has 1 heterocycles. The molecule has 0 aromatic heterocycles. The van der Waals surface area contributed by atoms with E-state index in [1.54, 1.807) is 12.1 Å². The monoisotopic (exact) mass is 313 g/mol. The Labute approximate surface area is 129 Å². The maximum Gasteiger partial charge on any atom is 0.338 e. The van der Waals surface area contributed by atoms with Gasteiger partial charge in [-0.2, -0.15) is 0 Å². The molecule has 6 heteroatoms. The normalized spacial score (nSPS) is 15.8. The number of benzene rings is 1. The third-order valence-electron chi connectivity index (χ3n) is 3.49. The summed E-state index contributed by atoms with van der Waals surface area (Å²) in [4.78, 5) is 13.9. The van der Waals surface area contributed by atoms with Gasteiger partial charge in [-0.15, -0.1) is 0 Å². The fourth-order valence-electron chi connectivity index (χ4n) is 2.15.